The minimum atomic E-state index is -1.12. The second-order valence-electron chi connectivity index (χ2n) is 3.65. The number of halogens is 2. The molecule has 1 rings (SSSR count). The number of para-hydroxylation sites is 1. The number of hydrogen-bond acceptors (Lipinski definition) is 2. The molecule has 1 aromatic carbocycles. The molecule has 0 aromatic heterocycles. The number of ether oxygens (including phenoxy) is 1. The van der Waals surface area contributed by atoms with Crippen LogP contribution in [0.3, 0.4) is 0 Å². The molecule has 0 aliphatic carbocycles. The van der Waals surface area contributed by atoms with Crippen LogP contribution in [0.2, 0.25) is 0 Å². The Labute approximate surface area is 81.1 Å². The van der Waals surface area contributed by atoms with Crippen molar-refractivity contribution in [2.75, 3.05) is 6.61 Å². The summed E-state index contributed by atoms with van der Waals surface area (Å²) in [6.45, 7) is 2.82. The van der Waals surface area contributed by atoms with Gasteiger partial charge >= 0.3 is 0 Å². The number of aliphatic hydroxyl groups is 1. The van der Waals surface area contributed by atoms with Gasteiger partial charge in [-0.25, -0.2) is 8.78 Å². The molecule has 0 amide bonds. The molecule has 0 bridgehead atoms. The molecule has 0 saturated heterocycles. The van der Waals surface area contributed by atoms with E-state index in [2.05, 4.69) is 0 Å². The first kappa shape index (κ1) is 10.9. The molecular formula is C10H12F2O2. The zero-order valence-electron chi connectivity index (χ0n) is 8.05. The molecule has 1 aromatic rings. The Kier molecular flexibility index (Phi) is 3.06. The predicted molar refractivity (Wildman–Crippen MR) is 48.2 cm³/mol. The van der Waals surface area contributed by atoms with Gasteiger partial charge in [-0.05, 0) is 26.0 Å². The van der Waals surface area contributed by atoms with Gasteiger partial charge in [0.25, 0.3) is 0 Å². The van der Waals surface area contributed by atoms with Gasteiger partial charge in [0.2, 0.25) is 0 Å². The van der Waals surface area contributed by atoms with Crippen molar-refractivity contribution in [3.63, 3.8) is 0 Å². The van der Waals surface area contributed by atoms with Crippen molar-refractivity contribution >= 4 is 0 Å². The topological polar surface area (TPSA) is 29.5 Å². The molecule has 1 N–H and O–H groups in total. The lowest BCUT2D eigenvalue weighted by molar-refractivity contribution is 0.0257. The molecule has 0 atom stereocenters. The summed E-state index contributed by atoms with van der Waals surface area (Å²) in [6.07, 6.45) is 0. The smallest absolute Gasteiger partial charge is 0.190 e. The minimum absolute atomic E-state index is 0.162. The Balaban J connectivity index is 2.77. The fourth-order valence-corrected chi connectivity index (χ4v) is 0.869. The molecule has 2 nitrogen and oxygen atoms in total. The van der Waals surface area contributed by atoms with Crippen molar-refractivity contribution in [2.45, 2.75) is 19.4 Å². The van der Waals surface area contributed by atoms with Gasteiger partial charge in [0.05, 0.1) is 5.60 Å². The Morgan fingerprint density at radius 3 is 2.21 bits per heavy atom. The first-order valence-electron chi connectivity index (χ1n) is 4.19. The summed E-state index contributed by atoms with van der Waals surface area (Å²) in [7, 11) is 0. The maximum atomic E-state index is 13.0. The zero-order chi connectivity index (χ0) is 10.8. The van der Waals surface area contributed by atoms with E-state index in [1.807, 2.05) is 0 Å². The molecule has 0 aliphatic rings. The van der Waals surface area contributed by atoms with Crippen LogP contribution >= 0.6 is 0 Å². The van der Waals surface area contributed by atoms with Crippen molar-refractivity contribution in [1.29, 1.82) is 0 Å². The lowest BCUT2D eigenvalue weighted by Crippen LogP contribution is -2.28. The lowest BCUT2D eigenvalue weighted by atomic mass is 10.2. The monoisotopic (exact) mass is 202 g/mol. The van der Waals surface area contributed by atoms with Gasteiger partial charge < -0.3 is 9.84 Å². The van der Waals surface area contributed by atoms with Crippen LogP contribution in [0.5, 0.6) is 5.75 Å². The van der Waals surface area contributed by atoms with Crippen molar-refractivity contribution in [3.05, 3.63) is 29.8 Å². The Hall–Kier alpha value is -1.16. The third kappa shape index (κ3) is 2.96. The van der Waals surface area contributed by atoms with E-state index in [1.165, 1.54) is 19.9 Å². The van der Waals surface area contributed by atoms with Gasteiger partial charge in [-0.2, -0.15) is 0 Å². The SMILES string of the molecule is CC(C)(O)COc1c(F)cccc1F. The normalized spacial score (nSPS) is 11.5. The van der Waals surface area contributed by atoms with Gasteiger partial charge in [0.15, 0.2) is 17.4 Å². The van der Waals surface area contributed by atoms with Gasteiger partial charge in [-0.1, -0.05) is 6.07 Å². The van der Waals surface area contributed by atoms with Crippen molar-refractivity contribution in [1.82, 2.24) is 0 Å². The molecule has 4 heteroatoms. The molecule has 0 fully saturated rings. The van der Waals surface area contributed by atoms with Crippen LogP contribution < -0.4 is 4.74 Å². The van der Waals surface area contributed by atoms with E-state index < -0.39 is 23.0 Å². The Morgan fingerprint density at radius 1 is 1.29 bits per heavy atom. The summed E-state index contributed by atoms with van der Waals surface area (Å²) in [5, 5.41) is 9.29. The Bertz CT molecular complexity index is 298. The number of rotatable bonds is 3. The molecular weight excluding hydrogens is 190 g/mol. The Morgan fingerprint density at radius 2 is 1.79 bits per heavy atom. The van der Waals surface area contributed by atoms with E-state index in [4.69, 9.17) is 4.74 Å². The van der Waals surface area contributed by atoms with E-state index in [-0.39, 0.29) is 6.61 Å². The first-order valence-corrected chi connectivity index (χ1v) is 4.19. The third-order valence-electron chi connectivity index (χ3n) is 1.49. The molecule has 0 spiro atoms. The van der Waals surface area contributed by atoms with Crippen LogP contribution in [0.25, 0.3) is 0 Å². The number of benzene rings is 1. The van der Waals surface area contributed by atoms with Crippen LogP contribution in [0.1, 0.15) is 13.8 Å². The van der Waals surface area contributed by atoms with Gasteiger partial charge in [-0.15, -0.1) is 0 Å². The third-order valence-corrected chi connectivity index (χ3v) is 1.49. The standard InChI is InChI=1S/C10H12F2O2/c1-10(2,13)6-14-9-7(11)4-3-5-8(9)12/h3-5,13H,6H2,1-2H3. The second kappa shape index (κ2) is 3.92. The summed E-state index contributed by atoms with van der Waals surface area (Å²) >= 11 is 0. The maximum Gasteiger partial charge on any atom is 0.190 e. The highest BCUT2D eigenvalue weighted by atomic mass is 19.1. The van der Waals surface area contributed by atoms with Crippen LogP contribution in [0, 0.1) is 11.6 Å². The maximum absolute atomic E-state index is 13.0. The van der Waals surface area contributed by atoms with Crippen LogP contribution in [-0.4, -0.2) is 17.3 Å². The fraction of sp³-hybridized carbons (Fsp3) is 0.400. The van der Waals surface area contributed by atoms with E-state index in [0.717, 1.165) is 12.1 Å². The summed E-state index contributed by atoms with van der Waals surface area (Å²) in [4.78, 5) is 0. The van der Waals surface area contributed by atoms with Gasteiger partial charge in [0.1, 0.15) is 6.61 Å². The first-order chi connectivity index (χ1) is 6.40. The van der Waals surface area contributed by atoms with E-state index >= 15 is 0 Å². The number of hydrogen-bond donors (Lipinski definition) is 1. The molecule has 0 heterocycles. The largest absolute Gasteiger partial charge is 0.485 e. The molecule has 78 valence electrons. The summed E-state index contributed by atoms with van der Waals surface area (Å²) < 4.78 is 30.8. The molecule has 14 heavy (non-hydrogen) atoms. The van der Waals surface area contributed by atoms with Crippen molar-refractivity contribution < 1.29 is 18.6 Å². The zero-order valence-corrected chi connectivity index (χ0v) is 8.05. The molecule has 0 unspecified atom stereocenters. The summed E-state index contributed by atoms with van der Waals surface area (Å²) in [5.41, 5.74) is -1.12. The van der Waals surface area contributed by atoms with E-state index in [9.17, 15) is 13.9 Å². The molecule has 0 radical (unpaired) electrons. The van der Waals surface area contributed by atoms with Crippen LogP contribution in [0.4, 0.5) is 8.78 Å². The lowest BCUT2D eigenvalue weighted by Gasteiger charge is -2.18. The average Bonchev–Trinajstić information content (AvgIpc) is 2.01. The minimum Gasteiger partial charge on any atom is -0.485 e. The van der Waals surface area contributed by atoms with Crippen molar-refractivity contribution in [3.8, 4) is 5.75 Å². The van der Waals surface area contributed by atoms with E-state index in [0.29, 0.717) is 0 Å². The van der Waals surface area contributed by atoms with Gasteiger partial charge in [0, 0.05) is 0 Å². The highest BCUT2D eigenvalue weighted by Crippen LogP contribution is 2.21. The van der Waals surface area contributed by atoms with E-state index in [1.54, 1.807) is 0 Å². The second-order valence-corrected chi connectivity index (χ2v) is 3.65. The van der Waals surface area contributed by atoms with Gasteiger partial charge in [-0.3, -0.25) is 0 Å². The highest BCUT2D eigenvalue weighted by molar-refractivity contribution is 5.26. The fourth-order valence-electron chi connectivity index (χ4n) is 0.869. The average molecular weight is 202 g/mol. The van der Waals surface area contributed by atoms with Crippen molar-refractivity contribution in [2.24, 2.45) is 0 Å². The summed E-state index contributed by atoms with van der Waals surface area (Å²) in [5.74, 6) is -1.99. The highest BCUT2D eigenvalue weighted by Gasteiger charge is 2.16. The van der Waals surface area contributed by atoms with Crippen LogP contribution in [0.15, 0.2) is 18.2 Å². The van der Waals surface area contributed by atoms with Crippen LogP contribution in [-0.2, 0) is 0 Å². The molecule has 0 saturated carbocycles. The predicted octanol–water partition coefficient (Wildman–Crippen LogP) is 2.11. The summed E-state index contributed by atoms with van der Waals surface area (Å²) in [6, 6.07) is 3.45. The molecule has 0 aliphatic heterocycles. The quantitative estimate of drug-likeness (QED) is 0.813.